The fourth-order valence-corrected chi connectivity index (χ4v) is 3.57. The van der Waals surface area contributed by atoms with E-state index in [-0.39, 0.29) is 6.10 Å². The van der Waals surface area contributed by atoms with Crippen molar-refractivity contribution < 1.29 is 9.47 Å². The van der Waals surface area contributed by atoms with Crippen LogP contribution in [0.5, 0.6) is 17.4 Å². The standard InChI is InChI=1S/C25H29N5O2S/c1-16(2)31-23-22(20-12-8-6-10-17(20)3)28-25(30-33-19(14-26)15-27-5)29-24(23)32-21-13-9-7-11-18(21)4/h6-16,26-27H,1-5H3,(H,28,29,30)/b19-15+,26-14?. The van der Waals surface area contributed by atoms with Crippen LogP contribution in [0.1, 0.15) is 25.0 Å². The number of hydrogen-bond acceptors (Lipinski definition) is 8. The monoisotopic (exact) mass is 463 g/mol. The summed E-state index contributed by atoms with van der Waals surface area (Å²) >= 11 is 1.23. The Kier molecular flexibility index (Phi) is 8.32. The van der Waals surface area contributed by atoms with Gasteiger partial charge in [-0.25, -0.2) is 4.98 Å². The van der Waals surface area contributed by atoms with Crippen molar-refractivity contribution in [1.29, 1.82) is 5.41 Å². The molecule has 0 unspecified atom stereocenters. The zero-order valence-corrected chi connectivity index (χ0v) is 20.3. The molecule has 3 aromatic rings. The van der Waals surface area contributed by atoms with E-state index >= 15 is 0 Å². The van der Waals surface area contributed by atoms with Gasteiger partial charge in [0.2, 0.25) is 11.7 Å². The molecule has 0 saturated carbocycles. The highest BCUT2D eigenvalue weighted by molar-refractivity contribution is 8.05. The average Bonchev–Trinajstić information content (AvgIpc) is 2.79. The Hall–Kier alpha value is -3.52. The third kappa shape index (κ3) is 6.26. The molecule has 0 aliphatic heterocycles. The minimum absolute atomic E-state index is 0.105. The number of benzene rings is 2. The summed E-state index contributed by atoms with van der Waals surface area (Å²) in [5.74, 6) is 1.84. The minimum atomic E-state index is -0.105. The van der Waals surface area contributed by atoms with Crippen LogP contribution in [0, 0.1) is 19.3 Å². The molecule has 2 aromatic carbocycles. The highest BCUT2D eigenvalue weighted by atomic mass is 32.2. The highest BCUT2D eigenvalue weighted by Crippen LogP contribution is 2.41. The fraction of sp³-hybridized carbons (Fsp3) is 0.240. The first-order valence-electron chi connectivity index (χ1n) is 10.6. The summed E-state index contributed by atoms with van der Waals surface area (Å²) in [6.07, 6.45) is 2.86. The van der Waals surface area contributed by atoms with Crippen LogP contribution >= 0.6 is 11.9 Å². The molecule has 33 heavy (non-hydrogen) atoms. The van der Waals surface area contributed by atoms with E-state index in [1.165, 1.54) is 18.2 Å². The van der Waals surface area contributed by atoms with Crippen LogP contribution in [0.2, 0.25) is 0 Å². The van der Waals surface area contributed by atoms with E-state index in [0.29, 0.717) is 33.9 Å². The minimum Gasteiger partial charge on any atom is -0.484 e. The van der Waals surface area contributed by atoms with Crippen molar-refractivity contribution in [3.63, 3.8) is 0 Å². The smallest absolute Gasteiger partial charge is 0.268 e. The third-order valence-corrected chi connectivity index (χ3v) is 5.33. The number of aryl methyl sites for hydroxylation is 2. The lowest BCUT2D eigenvalue weighted by molar-refractivity contribution is 0.231. The topological polar surface area (TPSA) is 92.2 Å². The van der Waals surface area contributed by atoms with Crippen LogP contribution < -0.4 is 19.5 Å². The zero-order valence-electron chi connectivity index (χ0n) is 19.5. The van der Waals surface area contributed by atoms with Gasteiger partial charge in [-0.15, -0.1) is 0 Å². The first kappa shape index (κ1) is 24.1. The molecule has 0 atom stereocenters. The first-order chi connectivity index (χ1) is 15.9. The average molecular weight is 464 g/mol. The van der Waals surface area contributed by atoms with Crippen molar-refractivity contribution in [3.05, 3.63) is 70.8 Å². The van der Waals surface area contributed by atoms with Gasteiger partial charge in [-0.2, -0.15) is 4.98 Å². The van der Waals surface area contributed by atoms with Gasteiger partial charge in [0.05, 0.1) is 11.0 Å². The Morgan fingerprint density at radius 1 is 1.03 bits per heavy atom. The Bertz CT molecular complexity index is 1150. The van der Waals surface area contributed by atoms with E-state index in [4.69, 9.17) is 19.9 Å². The highest BCUT2D eigenvalue weighted by Gasteiger charge is 2.22. The van der Waals surface area contributed by atoms with Gasteiger partial charge in [-0.3, -0.25) is 4.72 Å². The van der Waals surface area contributed by atoms with Crippen LogP contribution in [-0.4, -0.2) is 29.3 Å². The number of nitrogens with one attached hydrogen (secondary N) is 3. The normalized spacial score (nSPS) is 11.3. The first-order valence-corrected chi connectivity index (χ1v) is 11.4. The maximum atomic E-state index is 7.58. The lowest BCUT2D eigenvalue weighted by atomic mass is 10.0. The third-order valence-electron chi connectivity index (χ3n) is 4.58. The Balaban J connectivity index is 2.16. The number of para-hydroxylation sites is 1. The van der Waals surface area contributed by atoms with Gasteiger partial charge in [0.1, 0.15) is 11.4 Å². The summed E-state index contributed by atoms with van der Waals surface area (Å²) in [5.41, 5.74) is 3.60. The van der Waals surface area contributed by atoms with E-state index in [1.807, 2.05) is 76.2 Å². The summed E-state index contributed by atoms with van der Waals surface area (Å²) in [4.78, 5) is 10.1. The summed E-state index contributed by atoms with van der Waals surface area (Å²) in [7, 11) is 1.78. The van der Waals surface area contributed by atoms with Gasteiger partial charge in [-0.05, 0) is 56.8 Å². The van der Waals surface area contributed by atoms with E-state index in [1.54, 1.807) is 13.2 Å². The van der Waals surface area contributed by atoms with Crippen molar-refractivity contribution >= 4 is 24.1 Å². The molecule has 1 aromatic heterocycles. The largest absolute Gasteiger partial charge is 0.484 e. The molecule has 172 valence electrons. The molecule has 0 bridgehead atoms. The van der Waals surface area contributed by atoms with Crippen LogP contribution in [0.3, 0.4) is 0 Å². The van der Waals surface area contributed by atoms with E-state index < -0.39 is 0 Å². The van der Waals surface area contributed by atoms with Crippen molar-refractivity contribution in [2.45, 2.75) is 33.8 Å². The second-order valence-electron chi connectivity index (χ2n) is 7.56. The van der Waals surface area contributed by atoms with Crippen molar-refractivity contribution in [1.82, 2.24) is 15.3 Å². The number of aromatic nitrogens is 2. The molecule has 0 saturated heterocycles. The Morgan fingerprint density at radius 3 is 2.36 bits per heavy atom. The van der Waals surface area contributed by atoms with Gasteiger partial charge in [0.25, 0.3) is 5.88 Å². The predicted molar refractivity (Wildman–Crippen MR) is 136 cm³/mol. The number of nitrogens with zero attached hydrogens (tertiary/aromatic N) is 2. The molecule has 0 spiro atoms. The van der Waals surface area contributed by atoms with Crippen molar-refractivity contribution in [3.8, 4) is 28.6 Å². The lowest BCUT2D eigenvalue weighted by Crippen LogP contribution is -2.11. The molecular formula is C25H29N5O2S. The molecule has 7 nitrogen and oxygen atoms in total. The summed E-state index contributed by atoms with van der Waals surface area (Å²) < 4.78 is 15.6. The van der Waals surface area contributed by atoms with Crippen LogP contribution in [0.25, 0.3) is 11.3 Å². The summed E-state index contributed by atoms with van der Waals surface area (Å²) in [6.45, 7) is 7.93. The van der Waals surface area contributed by atoms with Gasteiger partial charge >= 0.3 is 0 Å². The number of ether oxygens (including phenoxy) is 2. The maximum Gasteiger partial charge on any atom is 0.268 e. The van der Waals surface area contributed by atoms with Crippen molar-refractivity contribution in [2.24, 2.45) is 0 Å². The van der Waals surface area contributed by atoms with Crippen molar-refractivity contribution in [2.75, 3.05) is 11.8 Å². The summed E-state index contributed by atoms with van der Waals surface area (Å²) in [6, 6.07) is 15.8. The number of anilines is 1. The maximum absolute atomic E-state index is 7.58. The predicted octanol–water partition coefficient (Wildman–Crippen LogP) is 6.11. The Labute approximate surface area is 199 Å². The van der Waals surface area contributed by atoms with Gasteiger partial charge in [-0.1, -0.05) is 42.5 Å². The van der Waals surface area contributed by atoms with Gasteiger partial charge in [0.15, 0.2) is 0 Å². The number of allylic oxidation sites excluding steroid dienone is 1. The van der Waals surface area contributed by atoms with Gasteiger partial charge < -0.3 is 20.2 Å². The van der Waals surface area contributed by atoms with E-state index in [0.717, 1.165) is 16.7 Å². The second-order valence-corrected chi connectivity index (χ2v) is 8.44. The van der Waals surface area contributed by atoms with E-state index in [2.05, 4.69) is 15.0 Å². The van der Waals surface area contributed by atoms with E-state index in [9.17, 15) is 0 Å². The van der Waals surface area contributed by atoms with Crippen LogP contribution in [-0.2, 0) is 0 Å². The molecule has 0 aliphatic rings. The fourth-order valence-electron chi connectivity index (χ4n) is 3.03. The van der Waals surface area contributed by atoms with Gasteiger partial charge in [0, 0.05) is 25.0 Å². The molecule has 8 heteroatoms. The molecular weight excluding hydrogens is 434 g/mol. The quantitative estimate of drug-likeness (QED) is 0.247. The molecule has 3 N–H and O–H groups in total. The molecule has 0 fully saturated rings. The summed E-state index contributed by atoms with van der Waals surface area (Å²) in [5, 5.41) is 10.5. The second kappa shape index (κ2) is 11.4. The SMILES string of the molecule is CN/C=C(\C=N)SNc1nc(Oc2ccccc2C)c(OC(C)C)c(-c2ccccc2C)n1. The molecule has 1 heterocycles. The Morgan fingerprint density at radius 2 is 1.73 bits per heavy atom. The van der Waals surface area contributed by atoms with Crippen LogP contribution in [0.4, 0.5) is 5.95 Å². The van der Waals surface area contributed by atoms with Crippen LogP contribution in [0.15, 0.2) is 59.6 Å². The molecule has 3 rings (SSSR count). The molecule has 0 aliphatic carbocycles. The zero-order chi connectivity index (χ0) is 23.8. The number of rotatable bonds is 10. The lowest BCUT2D eigenvalue weighted by Gasteiger charge is -2.19. The number of hydrogen-bond donors (Lipinski definition) is 3. The molecule has 0 amide bonds. The molecule has 0 radical (unpaired) electrons.